The van der Waals surface area contributed by atoms with Crippen LogP contribution >= 0.6 is 39.7 Å². The van der Waals surface area contributed by atoms with E-state index in [9.17, 15) is 4.79 Å². The second-order valence-electron chi connectivity index (χ2n) is 5.94. The van der Waals surface area contributed by atoms with Crippen molar-refractivity contribution >= 4 is 45.6 Å². The average molecular weight is 433 g/mol. The lowest BCUT2D eigenvalue weighted by molar-refractivity contribution is -0.126. The summed E-state index contributed by atoms with van der Waals surface area (Å²) >= 11 is 4.97. The molecule has 0 aliphatic carbocycles. The van der Waals surface area contributed by atoms with E-state index in [1.54, 1.807) is 18.3 Å². The highest BCUT2D eigenvalue weighted by Crippen LogP contribution is 2.26. The van der Waals surface area contributed by atoms with Gasteiger partial charge in [0.15, 0.2) is 0 Å². The van der Waals surface area contributed by atoms with Crippen molar-refractivity contribution in [1.82, 2.24) is 10.3 Å². The Bertz CT molecular complexity index is 673. The third-order valence-electron chi connectivity index (χ3n) is 3.67. The summed E-state index contributed by atoms with van der Waals surface area (Å²) in [5.41, 5.74) is 7.21. The van der Waals surface area contributed by atoms with Gasteiger partial charge in [0.05, 0.1) is 17.3 Å². The Balaban J connectivity index is 0.00000288. The maximum atomic E-state index is 12.3. The second-order valence-corrected chi connectivity index (χ2v) is 7.75. The Morgan fingerprint density at radius 2 is 2.04 bits per heavy atom. The molecule has 0 radical (unpaired) electrons. The first kappa shape index (κ1) is 21.1. The zero-order valence-electron chi connectivity index (χ0n) is 14.0. The minimum absolute atomic E-state index is 0. The van der Waals surface area contributed by atoms with Crippen LogP contribution in [0.1, 0.15) is 44.7 Å². The van der Waals surface area contributed by atoms with Gasteiger partial charge in [-0.3, -0.25) is 4.79 Å². The van der Waals surface area contributed by atoms with Gasteiger partial charge in [0.1, 0.15) is 5.01 Å². The van der Waals surface area contributed by atoms with Crippen LogP contribution in [-0.2, 0) is 4.79 Å². The fourth-order valence-corrected chi connectivity index (χ4v) is 3.40. The van der Waals surface area contributed by atoms with E-state index in [1.165, 1.54) is 0 Å². The van der Waals surface area contributed by atoms with Crippen molar-refractivity contribution < 1.29 is 4.79 Å². The van der Waals surface area contributed by atoms with Gasteiger partial charge in [0, 0.05) is 15.4 Å². The van der Waals surface area contributed by atoms with Crippen LogP contribution in [0.2, 0.25) is 0 Å². The molecule has 0 aliphatic heterocycles. The molecule has 1 aromatic carbocycles. The van der Waals surface area contributed by atoms with Crippen molar-refractivity contribution in [3.8, 4) is 11.3 Å². The normalized spacial score (nSPS) is 14.4. The Hall–Kier alpha value is -0.950. The number of nitrogens with two attached hydrogens (primary N) is 1. The minimum atomic E-state index is -0.838. The van der Waals surface area contributed by atoms with Gasteiger partial charge in [0.2, 0.25) is 5.91 Å². The molecular formula is C17H23BrClN3OS. The third kappa shape index (κ3) is 5.28. The number of nitrogens with zero attached hydrogens (tertiary/aromatic N) is 1. The number of aromatic nitrogens is 1. The molecule has 7 heteroatoms. The Morgan fingerprint density at radius 3 is 2.62 bits per heavy atom. The number of hydrogen-bond donors (Lipinski definition) is 2. The number of benzene rings is 1. The van der Waals surface area contributed by atoms with Crippen LogP contribution in [0.4, 0.5) is 0 Å². The SMILES string of the molecule is CCCC(C)(N)C(=O)NC(C)c1nc(-c2ccc(Br)cc2)cs1.Cl. The molecule has 0 spiro atoms. The summed E-state index contributed by atoms with van der Waals surface area (Å²) in [7, 11) is 0. The first-order chi connectivity index (χ1) is 10.8. The zero-order chi connectivity index (χ0) is 17.0. The molecule has 1 heterocycles. The standard InChI is InChI=1S/C17H22BrN3OS.ClH/c1-4-9-17(3,19)16(22)20-11(2)15-21-14(10-23-15)12-5-7-13(18)8-6-12;/h5-8,10-11H,4,9,19H2,1-3H3,(H,20,22);1H. The van der Waals surface area contributed by atoms with Crippen LogP contribution in [0.3, 0.4) is 0 Å². The number of thiazole rings is 1. The van der Waals surface area contributed by atoms with Crippen molar-refractivity contribution in [2.24, 2.45) is 5.73 Å². The van der Waals surface area contributed by atoms with E-state index >= 15 is 0 Å². The lowest BCUT2D eigenvalue weighted by atomic mass is 9.96. The molecule has 0 saturated carbocycles. The summed E-state index contributed by atoms with van der Waals surface area (Å²) in [5, 5.41) is 5.86. The van der Waals surface area contributed by atoms with Crippen molar-refractivity contribution in [1.29, 1.82) is 0 Å². The van der Waals surface area contributed by atoms with E-state index in [0.717, 1.165) is 27.2 Å². The molecule has 0 aliphatic rings. The number of rotatable bonds is 6. The summed E-state index contributed by atoms with van der Waals surface area (Å²) in [6, 6.07) is 7.86. The predicted molar refractivity (Wildman–Crippen MR) is 107 cm³/mol. The number of amides is 1. The molecular weight excluding hydrogens is 410 g/mol. The van der Waals surface area contributed by atoms with Crippen molar-refractivity contribution in [2.45, 2.75) is 45.2 Å². The first-order valence-corrected chi connectivity index (χ1v) is 9.32. The fourth-order valence-electron chi connectivity index (χ4n) is 2.30. The van der Waals surface area contributed by atoms with E-state index in [4.69, 9.17) is 5.73 Å². The molecule has 1 aromatic heterocycles. The van der Waals surface area contributed by atoms with Crippen molar-refractivity contribution in [2.75, 3.05) is 0 Å². The molecule has 132 valence electrons. The molecule has 0 bridgehead atoms. The highest BCUT2D eigenvalue weighted by Gasteiger charge is 2.28. The van der Waals surface area contributed by atoms with Crippen LogP contribution in [0.25, 0.3) is 11.3 Å². The van der Waals surface area contributed by atoms with Gasteiger partial charge >= 0.3 is 0 Å². The summed E-state index contributed by atoms with van der Waals surface area (Å²) < 4.78 is 1.04. The van der Waals surface area contributed by atoms with Crippen LogP contribution in [0, 0.1) is 0 Å². The van der Waals surface area contributed by atoms with Gasteiger partial charge in [-0.2, -0.15) is 0 Å². The zero-order valence-corrected chi connectivity index (χ0v) is 17.2. The summed E-state index contributed by atoms with van der Waals surface area (Å²) in [4.78, 5) is 16.9. The van der Waals surface area contributed by atoms with Gasteiger partial charge in [-0.1, -0.05) is 41.4 Å². The molecule has 1 amide bonds. The largest absolute Gasteiger partial charge is 0.346 e. The minimum Gasteiger partial charge on any atom is -0.346 e. The average Bonchev–Trinajstić information content (AvgIpc) is 2.97. The summed E-state index contributed by atoms with van der Waals surface area (Å²) in [6.45, 7) is 5.73. The molecule has 2 rings (SSSR count). The van der Waals surface area contributed by atoms with E-state index in [0.29, 0.717) is 6.42 Å². The number of carbonyl (C=O) groups is 1. The van der Waals surface area contributed by atoms with Gasteiger partial charge in [-0.15, -0.1) is 23.7 Å². The lowest BCUT2D eigenvalue weighted by Crippen LogP contribution is -2.52. The smallest absolute Gasteiger partial charge is 0.240 e. The van der Waals surface area contributed by atoms with Crippen molar-refractivity contribution in [3.05, 3.63) is 39.1 Å². The van der Waals surface area contributed by atoms with Crippen LogP contribution in [0.5, 0.6) is 0 Å². The third-order valence-corrected chi connectivity index (χ3v) is 5.22. The van der Waals surface area contributed by atoms with Crippen LogP contribution in [0.15, 0.2) is 34.1 Å². The van der Waals surface area contributed by atoms with Gasteiger partial charge in [0.25, 0.3) is 0 Å². The summed E-state index contributed by atoms with van der Waals surface area (Å²) in [5.74, 6) is -0.132. The second kappa shape index (κ2) is 8.94. The van der Waals surface area contributed by atoms with E-state index < -0.39 is 5.54 Å². The van der Waals surface area contributed by atoms with Gasteiger partial charge in [-0.05, 0) is 32.4 Å². The van der Waals surface area contributed by atoms with E-state index in [-0.39, 0.29) is 24.4 Å². The van der Waals surface area contributed by atoms with E-state index in [2.05, 4.69) is 26.2 Å². The topological polar surface area (TPSA) is 68.0 Å². The number of nitrogens with one attached hydrogen (secondary N) is 1. The molecule has 0 fully saturated rings. The molecule has 2 aromatic rings. The van der Waals surface area contributed by atoms with Crippen LogP contribution < -0.4 is 11.1 Å². The Labute approximate surface area is 161 Å². The Morgan fingerprint density at radius 1 is 1.42 bits per heavy atom. The van der Waals surface area contributed by atoms with E-state index in [1.807, 2.05) is 43.5 Å². The molecule has 2 atom stereocenters. The van der Waals surface area contributed by atoms with Gasteiger partial charge < -0.3 is 11.1 Å². The molecule has 3 N–H and O–H groups in total. The van der Waals surface area contributed by atoms with Crippen LogP contribution in [-0.4, -0.2) is 16.4 Å². The number of hydrogen-bond acceptors (Lipinski definition) is 4. The molecule has 4 nitrogen and oxygen atoms in total. The maximum Gasteiger partial charge on any atom is 0.240 e. The molecule has 0 saturated heterocycles. The van der Waals surface area contributed by atoms with Crippen molar-refractivity contribution in [3.63, 3.8) is 0 Å². The number of halogens is 2. The monoisotopic (exact) mass is 431 g/mol. The Kier molecular flexibility index (Phi) is 7.86. The molecule has 24 heavy (non-hydrogen) atoms. The molecule has 2 unspecified atom stereocenters. The quantitative estimate of drug-likeness (QED) is 0.696. The summed E-state index contributed by atoms with van der Waals surface area (Å²) in [6.07, 6.45) is 1.54. The lowest BCUT2D eigenvalue weighted by Gasteiger charge is -2.24. The maximum absolute atomic E-state index is 12.3. The predicted octanol–water partition coefficient (Wildman–Crippen LogP) is 4.69. The number of carbonyl (C=O) groups excluding carboxylic acids is 1. The van der Waals surface area contributed by atoms with Gasteiger partial charge in [-0.25, -0.2) is 4.98 Å². The first-order valence-electron chi connectivity index (χ1n) is 7.64. The fraction of sp³-hybridized carbons (Fsp3) is 0.412. The highest BCUT2D eigenvalue weighted by molar-refractivity contribution is 9.10. The highest BCUT2D eigenvalue weighted by atomic mass is 79.9.